The van der Waals surface area contributed by atoms with E-state index in [1.54, 1.807) is 19.9 Å². The highest BCUT2D eigenvalue weighted by atomic mass is 35.5. The van der Waals surface area contributed by atoms with Gasteiger partial charge in [-0.25, -0.2) is 0 Å². The van der Waals surface area contributed by atoms with E-state index in [-0.39, 0.29) is 5.91 Å². The summed E-state index contributed by atoms with van der Waals surface area (Å²) in [6.45, 7) is 3.45. The summed E-state index contributed by atoms with van der Waals surface area (Å²) >= 11 is 11.7. The molecule has 0 radical (unpaired) electrons. The Kier molecular flexibility index (Phi) is 4.07. The van der Waals surface area contributed by atoms with E-state index in [0.717, 1.165) is 0 Å². The van der Waals surface area contributed by atoms with Crippen LogP contribution in [0.25, 0.3) is 0 Å². The smallest absolute Gasteiger partial charge is 0.252 e. The van der Waals surface area contributed by atoms with Crippen molar-refractivity contribution in [2.75, 3.05) is 0 Å². The van der Waals surface area contributed by atoms with Gasteiger partial charge in [0.1, 0.15) is 6.04 Å². The monoisotopic (exact) mass is 299 g/mol. The molecule has 0 saturated carbocycles. The fourth-order valence-corrected chi connectivity index (χ4v) is 2.04. The minimum absolute atomic E-state index is 0.312. The van der Waals surface area contributed by atoms with Crippen molar-refractivity contribution in [3.05, 3.63) is 45.5 Å². The first kappa shape index (κ1) is 13.8. The Bertz CT molecular complexity index is 593. The molecule has 0 fully saturated rings. The van der Waals surface area contributed by atoms with Crippen LogP contribution in [0.2, 0.25) is 10.0 Å². The topological polar surface area (TPSA) is 68.0 Å². The van der Waals surface area contributed by atoms with Gasteiger partial charge in [0.05, 0.1) is 0 Å². The molecule has 0 saturated heterocycles. The summed E-state index contributed by atoms with van der Waals surface area (Å²) < 4.78 is 4.98. The van der Waals surface area contributed by atoms with E-state index < -0.39 is 6.04 Å². The van der Waals surface area contributed by atoms with Gasteiger partial charge < -0.3 is 9.84 Å². The predicted octanol–water partition coefficient (Wildman–Crippen LogP) is 3.18. The van der Waals surface area contributed by atoms with E-state index in [1.807, 2.05) is 0 Å². The van der Waals surface area contributed by atoms with Crippen LogP contribution in [0.3, 0.4) is 0 Å². The van der Waals surface area contributed by atoms with E-state index in [1.165, 1.54) is 12.1 Å². The number of nitrogens with one attached hydrogen (secondary N) is 1. The third kappa shape index (κ3) is 3.45. The molecule has 0 bridgehead atoms. The van der Waals surface area contributed by atoms with E-state index >= 15 is 0 Å². The van der Waals surface area contributed by atoms with E-state index in [2.05, 4.69) is 15.5 Å². The van der Waals surface area contributed by atoms with Crippen LogP contribution in [-0.2, 0) is 0 Å². The second-order valence-electron chi connectivity index (χ2n) is 4.03. The molecule has 1 atom stereocenters. The first-order valence-corrected chi connectivity index (χ1v) is 6.28. The van der Waals surface area contributed by atoms with Gasteiger partial charge in [0, 0.05) is 15.6 Å². The van der Waals surface area contributed by atoms with Gasteiger partial charge in [0.2, 0.25) is 5.89 Å². The summed E-state index contributed by atoms with van der Waals surface area (Å²) in [5.41, 5.74) is 0.376. The normalized spacial score (nSPS) is 12.2. The van der Waals surface area contributed by atoms with Gasteiger partial charge in [-0.1, -0.05) is 28.4 Å². The Hall–Kier alpha value is -1.59. The average Bonchev–Trinajstić information content (AvgIpc) is 2.74. The lowest BCUT2D eigenvalue weighted by atomic mass is 10.2. The van der Waals surface area contributed by atoms with Crippen molar-refractivity contribution in [3.8, 4) is 0 Å². The summed E-state index contributed by atoms with van der Waals surface area (Å²) in [5, 5.41) is 7.20. The highest BCUT2D eigenvalue weighted by Gasteiger charge is 2.17. The second kappa shape index (κ2) is 5.59. The fourth-order valence-electron chi connectivity index (χ4n) is 1.52. The van der Waals surface area contributed by atoms with Crippen molar-refractivity contribution in [1.29, 1.82) is 0 Å². The van der Waals surface area contributed by atoms with Crippen LogP contribution in [0.5, 0.6) is 0 Å². The van der Waals surface area contributed by atoms with Crippen molar-refractivity contribution >= 4 is 29.1 Å². The predicted molar refractivity (Wildman–Crippen MR) is 71.4 cm³/mol. The van der Waals surface area contributed by atoms with Crippen LogP contribution in [0, 0.1) is 6.92 Å². The number of hydrogen-bond acceptors (Lipinski definition) is 4. The number of halogens is 2. The molecule has 7 heteroatoms. The number of aryl methyl sites for hydroxylation is 1. The number of aromatic nitrogens is 2. The fraction of sp³-hybridized carbons (Fsp3) is 0.250. The van der Waals surface area contributed by atoms with Crippen LogP contribution in [0.15, 0.2) is 22.7 Å². The highest BCUT2D eigenvalue weighted by molar-refractivity contribution is 6.35. The molecule has 0 aliphatic heterocycles. The molecule has 0 aliphatic rings. The zero-order chi connectivity index (χ0) is 14.0. The van der Waals surface area contributed by atoms with E-state index in [0.29, 0.717) is 27.3 Å². The molecule has 0 aliphatic carbocycles. The summed E-state index contributed by atoms with van der Waals surface area (Å²) in [5.74, 6) is 0.550. The zero-order valence-corrected chi connectivity index (χ0v) is 11.8. The van der Waals surface area contributed by atoms with Crippen LogP contribution in [-0.4, -0.2) is 16.0 Å². The van der Waals surface area contributed by atoms with Crippen LogP contribution in [0.1, 0.15) is 35.0 Å². The van der Waals surface area contributed by atoms with Gasteiger partial charge in [0.15, 0.2) is 5.82 Å². The quantitative estimate of drug-likeness (QED) is 0.945. The van der Waals surface area contributed by atoms with Crippen LogP contribution < -0.4 is 5.32 Å². The van der Waals surface area contributed by atoms with Gasteiger partial charge >= 0.3 is 0 Å². The first-order chi connectivity index (χ1) is 8.95. The Morgan fingerprint density at radius 1 is 1.32 bits per heavy atom. The van der Waals surface area contributed by atoms with Crippen LogP contribution in [0.4, 0.5) is 0 Å². The maximum atomic E-state index is 12.0. The highest BCUT2D eigenvalue weighted by Crippen LogP contribution is 2.19. The molecule has 1 heterocycles. The summed E-state index contributed by atoms with van der Waals surface area (Å²) in [6, 6.07) is 4.24. The Labute approximate surface area is 119 Å². The maximum absolute atomic E-state index is 12.0. The summed E-state index contributed by atoms with van der Waals surface area (Å²) in [6.07, 6.45) is 0. The third-order valence-electron chi connectivity index (χ3n) is 2.39. The molecule has 5 nitrogen and oxygen atoms in total. The molecule has 1 amide bonds. The lowest BCUT2D eigenvalue weighted by Crippen LogP contribution is -2.26. The van der Waals surface area contributed by atoms with E-state index in [4.69, 9.17) is 27.7 Å². The summed E-state index contributed by atoms with van der Waals surface area (Å²) in [7, 11) is 0. The minimum atomic E-state index is -0.397. The Morgan fingerprint density at radius 3 is 2.47 bits per heavy atom. The van der Waals surface area contributed by atoms with E-state index in [9.17, 15) is 4.79 Å². The molecule has 2 rings (SSSR count). The number of carbonyl (C=O) groups is 1. The molecule has 100 valence electrons. The number of amides is 1. The molecule has 1 aromatic carbocycles. The van der Waals surface area contributed by atoms with Gasteiger partial charge in [0.25, 0.3) is 5.91 Å². The summed E-state index contributed by atoms with van der Waals surface area (Å²) in [4.78, 5) is 16.1. The zero-order valence-electron chi connectivity index (χ0n) is 10.3. The van der Waals surface area contributed by atoms with Crippen LogP contribution >= 0.6 is 23.2 Å². The number of nitrogens with zero attached hydrogens (tertiary/aromatic N) is 2. The number of carbonyl (C=O) groups excluding carboxylic acids is 1. The van der Waals surface area contributed by atoms with Crippen molar-refractivity contribution < 1.29 is 9.32 Å². The van der Waals surface area contributed by atoms with Gasteiger partial charge in [-0.3, -0.25) is 4.79 Å². The van der Waals surface area contributed by atoms with Gasteiger partial charge in [-0.15, -0.1) is 0 Å². The molecule has 19 heavy (non-hydrogen) atoms. The number of benzene rings is 1. The minimum Gasteiger partial charge on any atom is -0.341 e. The molecule has 2 aromatic rings. The standard InChI is InChI=1S/C12H11Cl2N3O2/c1-6(12-16-7(2)17-19-12)15-11(18)8-3-9(13)5-10(14)4-8/h3-6H,1-2H3,(H,15,18)/t6-/m0/s1. The number of hydrogen-bond donors (Lipinski definition) is 1. The first-order valence-electron chi connectivity index (χ1n) is 5.53. The molecule has 0 spiro atoms. The van der Waals surface area contributed by atoms with Crippen molar-refractivity contribution in [2.45, 2.75) is 19.9 Å². The van der Waals surface area contributed by atoms with Gasteiger partial charge in [-0.2, -0.15) is 4.98 Å². The molecular formula is C12H11Cl2N3O2. The lowest BCUT2D eigenvalue weighted by Gasteiger charge is -2.10. The largest absolute Gasteiger partial charge is 0.341 e. The lowest BCUT2D eigenvalue weighted by molar-refractivity contribution is 0.0932. The third-order valence-corrected chi connectivity index (χ3v) is 2.82. The Morgan fingerprint density at radius 2 is 1.95 bits per heavy atom. The number of rotatable bonds is 3. The molecule has 0 unspecified atom stereocenters. The van der Waals surface area contributed by atoms with Gasteiger partial charge in [-0.05, 0) is 32.0 Å². The second-order valence-corrected chi connectivity index (χ2v) is 4.91. The van der Waals surface area contributed by atoms with Crippen molar-refractivity contribution in [1.82, 2.24) is 15.5 Å². The SMILES string of the molecule is Cc1noc([C@H](C)NC(=O)c2cc(Cl)cc(Cl)c2)n1. The Balaban J connectivity index is 2.12. The molecule has 1 N–H and O–H groups in total. The average molecular weight is 300 g/mol. The maximum Gasteiger partial charge on any atom is 0.252 e. The van der Waals surface area contributed by atoms with Crippen molar-refractivity contribution in [2.24, 2.45) is 0 Å². The van der Waals surface area contributed by atoms with Crippen molar-refractivity contribution in [3.63, 3.8) is 0 Å². The molecule has 1 aromatic heterocycles. The molecular weight excluding hydrogens is 289 g/mol.